The topological polar surface area (TPSA) is 80.9 Å². The van der Waals surface area contributed by atoms with Crippen LogP contribution < -0.4 is 11.1 Å². The first kappa shape index (κ1) is 11.1. The molecular formula is C12H12N4O. The number of anilines is 2. The summed E-state index contributed by atoms with van der Waals surface area (Å²) in [5.41, 5.74) is 7.45. The molecule has 0 unspecified atom stereocenters. The van der Waals surface area contributed by atoms with Crippen molar-refractivity contribution in [2.75, 3.05) is 11.1 Å². The number of nitrogens with one attached hydrogen (secondary N) is 1. The minimum absolute atomic E-state index is 0.200. The number of nitrogens with zero attached hydrogens (tertiary/aromatic N) is 2. The minimum atomic E-state index is -0.324. The zero-order valence-electron chi connectivity index (χ0n) is 9.34. The summed E-state index contributed by atoms with van der Waals surface area (Å²) in [5, 5.41) is 2.73. The number of carbonyl (C=O) groups is 1. The molecule has 0 aliphatic heterocycles. The summed E-state index contributed by atoms with van der Waals surface area (Å²) in [4.78, 5) is 19.5. The van der Waals surface area contributed by atoms with Crippen molar-refractivity contribution in [1.29, 1.82) is 0 Å². The Labute approximate surface area is 98.7 Å². The lowest BCUT2D eigenvalue weighted by Gasteiger charge is -2.05. The molecule has 0 aliphatic rings. The highest BCUT2D eigenvalue weighted by atomic mass is 16.1. The number of aryl methyl sites for hydroxylation is 1. The Morgan fingerprint density at radius 3 is 2.88 bits per heavy atom. The van der Waals surface area contributed by atoms with E-state index in [1.54, 1.807) is 0 Å². The third kappa shape index (κ3) is 2.78. The Bertz CT molecular complexity index is 554. The predicted octanol–water partition coefficient (Wildman–Crippen LogP) is 1.62. The summed E-state index contributed by atoms with van der Waals surface area (Å²) >= 11 is 0. The quantitative estimate of drug-likeness (QED) is 0.818. The van der Waals surface area contributed by atoms with Crippen LogP contribution in [0.25, 0.3) is 0 Å². The number of nitrogen functional groups attached to an aromatic ring is 1. The van der Waals surface area contributed by atoms with E-state index in [0.29, 0.717) is 0 Å². The summed E-state index contributed by atoms with van der Waals surface area (Å²) in [6.07, 6.45) is 2.77. The molecule has 1 aromatic heterocycles. The fraction of sp³-hybridized carbons (Fsp3) is 0.0833. The number of benzene rings is 1. The van der Waals surface area contributed by atoms with Crippen molar-refractivity contribution in [2.24, 2.45) is 0 Å². The van der Waals surface area contributed by atoms with Crippen molar-refractivity contribution in [1.82, 2.24) is 9.97 Å². The van der Waals surface area contributed by atoms with Gasteiger partial charge < -0.3 is 11.1 Å². The van der Waals surface area contributed by atoms with Gasteiger partial charge in [-0.05, 0) is 24.6 Å². The summed E-state index contributed by atoms with van der Waals surface area (Å²) in [7, 11) is 0. The monoisotopic (exact) mass is 228 g/mol. The van der Waals surface area contributed by atoms with Crippen LogP contribution in [0.2, 0.25) is 0 Å². The van der Waals surface area contributed by atoms with Gasteiger partial charge in [0.2, 0.25) is 0 Å². The van der Waals surface area contributed by atoms with E-state index in [-0.39, 0.29) is 17.4 Å². The van der Waals surface area contributed by atoms with Gasteiger partial charge in [0.1, 0.15) is 11.5 Å². The fourth-order valence-corrected chi connectivity index (χ4v) is 1.41. The van der Waals surface area contributed by atoms with E-state index < -0.39 is 0 Å². The fourth-order valence-electron chi connectivity index (χ4n) is 1.41. The number of hydrogen-bond donors (Lipinski definition) is 2. The highest BCUT2D eigenvalue weighted by Gasteiger charge is 2.08. The van der Waals surface area contributed by atoms with Crippen LogP contribution in [-0.4, -0.2) is 15.9 Å². The number of nitrogens with two attached hydrogens (primary N) is 1. The van der Waals surface area contributed by atoms with E-state index in [4.69, 9.17) is 5.73 Å². The number of aromatic nitrogens is 2. The van der Waals surface area contributed by atoms with Gasteiger partial charge in [-0.25, -0.2) is 4.98 Å². The van der Waals surface area contributed by atoms with Crippen LogP contribution in [0.3, 0.4) is 0 Å². The van der Waals surface area contributed by atoms with Gasteiger partial charge >= 0.3 is 0 Å². The Morgan fingerprint density at radius 2 is 2.18 bits per heavy atom. The molecule has 0 radical (unpaired) electrons. The second-order valence-electron chi connectivity index (χ2n) is 3.65. The lowest BCUT2D eigenvalue weighted by molar-refractivity contribution is 0.102. The highest BCUT2D eigenvalue weighted by molar-refractivity contribution is 6.02. The van der Waals surface area contributed by atoms with Crippen LogP contribution in [0, 0.1) is 6.92 Å². The Balaban J connectivity index is 2.17. The largest absolute Gasteiger partial charge is 0.382 e. The first-order valence-electron chi connectivity index (χ1n) is 5.11. The van der Waals surface area contributed by atoms with Gasteiger partial charge in [0.25, 0.3) is 5.91 Å². The molecule has 0 spiro atoms. The zero-order chi connectivity index (χ0) is 12.3. The minimum Gasteiger partial charge on any atom is -0.382 e. The molecule has 0 bridgehead atoms. The van der Waals surface area contributed by atoms with Crippen molar-refractivity contribution in [3.63, 3.8) is 0 Å². The van der Waals surface area contributed by atoms with E-state index in [0.717, 1.165) is 11.3 Å². The maximum Gasteiger partial charge on any atom is 0.275 e. The van der Waals surface area contributed by atoms with Gasteiger partial charge in [0.05, 0.1) is 12.4 Å². The van der Waals surface area contributed by atoms with E-state index in [1.165, 1.54) is 12.4 Å². The van der Waals surface area contributed by atoms with E-state index in [2.05, 4.69) is 15.3 Å². The van der Waals surface area contributed by atoms with Gasteiger partial charge in [-0.3, -0.25) is 9.78 Å². The second kappa shape index (κ2) is 4.61. The molecule has 0 saturated carbocycles. The average Bonchev–Trinajstić information content (AvgIpc) is 2.29. The smallest absolute Gasteiger partial charge is 0.275 e. The molecule has 2 aromatic rings. The van der Waals surface area contributed by atoms with Crippen LogP contribution in [0.4, 0.5) is 11.5 Å². The first-order chi connectivity index (χ1) is 8.15. The molecule has 5 nitrogen and oxygen atoms in total. The zero-order valence-corrected chi connectivity index (χ0v) is 9.34. The van der Waals surface area contributed by atoms with Crippen molar-refractivity contribution >= 4 is 17.4 Å². The van der Waals surface area contributed by atoms with Gasteiger partial charge in [0, 0.05) is 5.69 Å². The van der Waals surface area contributed by atoms with Crippen molar-refractivity contribution in [2.45, 2.75) is 6.92 Å². The normalized spacial score (nSPS) is 9.94. The molecule has 0 fully saturated rings. The molecule has 0 atom stereocenters. The average molecular weight is 228 g/mol. The van der Waals surface area contributed by atoms with Gasteiger partial charge in [0.15, 0.2) is 0 Å². The third-order valence-corrected chi connectivity index (χ3v) is 2.16. The van der Waals surface area contributed by atoms with Gasteiger partial charge in [-0.15, -0.1) is 0 Å². The van der Waals surface area contributed by atoms with Crippen LogP contribution in [0.1, 0.15) is 16.1 Å². The lowest BCUT2D eigenvalue weighted by Crippen LogP contribution is -2.14. The number of hydrogen-bond acceptors (Lipinski definition) is 4. The summed E-state index contributed by atoms with van der Waals surface area (Å²) in [6.45, 7) is 1.95. The van der Waals surface area contributed by atoms with E-state index >= 15 is 0 Å². The molecule has 1 aromatic carbocycles. The molecule has 0 saturated heterocycles. The summed E-state index contributed by atoms with van der Waals surface area (Å²) in [5.74, 6) is -0.0997. The van der Waals surface area contributed by atoms with Gasteiger partial charge in [-0.2, -0.15) is 0 Å². The molecule has 1 amide bonds. The highest BCUT2D eigenvalue weighted by Crippen LogP contribution is 2.10. The van der Waals surface area contributed by atoms with E-state index in [9.17, 15) is 4.79 Å². The Kier molecular flexibility index (Phi) is 3.00. The maximum atomic E-state index is 11.8. The maximum absolute atomic E-state index is 11.8. The first-order valence-corrected chi connectivity index (χ1v) is 5.11. The molecule has 17 heavy (non-hydrogen) atoms. The van der Waals surface area contributed by atoms with Crippen LogP contribution >= 0.6 is 0 Å². The summed E-state index contributed by atoms with van der Waals surface area (Å²) in [6, 6.07) is 7.51. The third-order valence-electron chi connectivity index (χ3n) is 2.16. The molecule has 86 valence electrons. The summed E-state index contributed by atoms with van der Waals surface area (Å²) < 4.78 is 0. The molecule has 2 rings (SSSR count). The van der Waals surface area contributed by atoms with Crippen molar-refractivity contribution in [3.8, 4) is 0 Å². The van der Waals surface area contributed by atoms with Crippen LogP contribution in [0.5, 0.6) is 0 Å². The Morgan fingerprint density at radius 1 is 1.35 bits per heavy atom. The van der Waals surface area contributed by atoms with Crippen LogP contribution in [0.15, 0.2) is 36.7 Å². The molecular weight excluding hydrogens is 216 g/mol. The molecule has 5 heteroatoms. The SMILES string of the molecule is Cc1cccc(NC(=O)c2cncc(N)n2)c1. The van der Waals surface area contributed by atoms with Crippen LogP contribution in [-0.2, 0) is 0 Å². The second-order valence-corrected chi connectivity index (χ2v) is 3.65. The number of carbonyl (C=O) groups excluding carboxylic acids is 1. The number of rotatable bonds is 2. The van der Waals surface area contributed by atoms with Crippen molar-refractivity contribution < 1.29 is 4.79 Å². The van der Waals surface area contributed by atoms with E-state index in [1.807, 2.05) is 31.2 Å². The number of amides is 1. The molecule has 0 aliphatic carbocycles. The van der Waals surface area contributed by atoms with Gasteiger partial charge in [-0.1, -0.05) is 12.1 Å². The molecule has 3 N–H and O–H groups in total. The predicted molar refractivity (Wildman–Crippen MR) is 65.6 cm³/mol. The standard InChI is InChI=1S/C12H12N4O/c1-8-3-2-4-9(5-8)15-12(17)10-6-14-7-11(13)16-10/h2-7H,1H3,(H2,13,16)(H,15,17). The van der Waals surface area contributed by atoms with Crippen molar-refractivity contribution in [3.05, 3.63) is 47.9 Å². The Hall–Kier alpha value is -2.43. The molecule has 1 heterocycles. The lowest BCUT2D eigenvalue weighted by atomic mass is 10.2.